The first-order valence-electron chi connectivity index (χ1n) is 7.33. The van der Waals surface area contributed by atoms with E-state index in [9.17, 15) is 9.59 Å². The predicted octanol–water partition coefficient (Wildman–Crippen LogP) is 2.48. The number of carbonyl (C=O) groups is 2. The molecule has 3 unspecified atom stereocenters. The van der Waals surface area contributed by atoms with E-state index in [-0.39, 0.29) is 18.0 Å². The van der Waals surface area contributed by atoms with Crippen molar-refractivity contribution in [1.29, 1.82) is 0 Å². The van der Waals surface area contributed by atoms with Crippen molar-refractivity contribution in [2.45, 2.75) is 45.6 Å². The van der Waals surface area contributed by atoms with Crippen molar-refractivity contribution in [3.8, 4) is 0 Å². The maximum atomic E-state index is 12.2. The number of hydrogen-bond donors (Lipinski definition) is 2. The van der Waals surface area contributed by atoms with E-state index in [1.807, 2.05) is 19.9 Å². The fraction of sp³-hybridized carbons (Fsp3) is 0.733. The highest BCUT2D eigenvalue weighted by Gasteiger charge is 2.32. The molecule has 114 valence electrons. The molecule has 0 bridgehead atoms. The topological polar surface area (TPSA) is 69.6 Å². The summed E-state index contributed by atoms with van der Waals surface area (Å²) < 4.78 is 0. The molecule has 5 heteroatoms. The number of carboxylic acids is 1. The van der Waals surface area contributed by atoms with Crippen LogP contribution in [-0.2, 0) is 4.79 Å². The van der Waals surface area contributed by atoms with Gasteiger partial charge in [-0.25, -0.2) is 4.79 Å². The molecule has 0 aromatic rings. The molecular weight excluding hydrogens is 256 g/mol. The smallest absolute Gasteiger partial charge is 0.317 e. The summed E-state index contributed by atoms with van der Waals surface area (Å²) in [5.74, 6) is -1.03. The van der Waals surface area contributed by atoms with E-state index < -0.39 is 11.9 Å². The van der Waals surface area contributed by atoms with Crippen LogP contribution in [0.3, 0.4) is 0 Å². The highest BCUT2D eigenvalue weighted by atomic mass is 16.4. The van der Waals surface area contributed by atoms with Crippen LogP contribution in [0.5, 0.6) is 0 Å². The maximum absolute atomic E-state index is 12.2. The Morgan fingerprint density at radius 1 is 1.50 bits per heavy atom. The average Bonchev–Trinajstić information content (AvgIpc) is 2.38. The van der Waals surface area contributed by atoms with Crippen molar-refractivity contribution >= 4 is 12.0 Å². The van der Waals surface area contributed by atoms with Gasteiger partial charge in [0.15, 0.2) is 0 Å². The third-order valence-electron chi connectivity index (χ3n) is 3.71. The Balaban J connectivity index is 2.45. The minimum Gasteiger partial charge on any atom is -0.481 e. The van der Waals surface area contributed by atoms with Gasteiger partial charge >= 0.3 is 12.0 Å². The van der Waals surface area contributed by atoms with Crippen molar-refractivity contribution < 1.29 is 14.7 Å². The lowest BCUT2D eigenvalue weighted by molar-refractivity contribution is -0.143. The molecule has 0 radical (unpaired) electrons. The van der Waals surface area contributed by atoms with E-state index in [2.05, 4.69) is 11.9 Å². The Labute approximate surface area is 121 Å². The van der Waals surface area contributed by atoms with E-state index >= 15 is 0 Å². The third kappa shape index (κ3) is 5.23. The van der Waals surface area contributed by atoms with Gasteiger partial charge in [0.1, 0.15) is 0 Å². The molecule has 1 saturated heterocycles. The number of rotatable bonds is 6. The van der Waals surface area contributed by atoms with Crippen LogP contribution < -0.4 is 5.32 Å². The number of hydrogen-bond acceptors (Lipinski definition) is 2. The molecule has 1 rings (SSSR count). The summed E-state index contributed by atoms with van der Waals surface area (Å²) in [6, 6.07) is -0.0446. The highest BCUT2D eigenvalue weighted by Crippen LogP contribution is 2.21. The number of likely N-dealkylation sites (tertiary alicyclic amines) is 1. The molecule has 1 aliphatic heterocycles. The molecule has 0 aliphatic carbocycles. The van der Waals surface area contributed by atoms with Crippen molar-refractivity contribution in [2.75, 3.05) is 13.1 Å². The van der Waals surface area contributed by atoms with Gasteiger partial charge in [-0.2, -0.15) is 0 Å². The normalized spacial score (nSPS) is 24.0. The Morgan fingerprint density at radius 3 is 2.80 bits per heavy atom. The summed E-state index contributed by atoms with van der Waals surface area (Å²) in [5.41, 5.74) is 0. The minimum absolute atomic E-state index is 0.1000. The first-order chi connectivity index (χ1) is 9.43. The Morgan fingerprint density at radius 2 is 2.20 bits per heavy atom. The quantitative estimate of drug-likeness (QED) is 0.581. The van der Waals surface area contributed by atoms with Crippen molar-refractivity contribution in [1.82, 2.24) is 10.2 Å². The number of urea groups is 1. The number of aliphatic carboxylic acids is 1. The first kappa shape index (κ1) is 16.5. The van der Waals surface area contributed by atoms with Gasteiger partial charge in [-0.1, -0.05) is 13.0 Å². The molecule has 20 heavy (non-hydrogen) atoms. The minimum atomic E-state index is -0.812. The Hall–Kier alpha value is -1.52. The molecular formula is C15H26N2O3. The predicted molar refractivity (Wildman–Crippen MR) is 78.5 cm³/mol. The van der Waals surface area contributed by atoms with Gasteiger partial charge < -0.3 is 15.3 Å². The molecule has 0 spiro atoms. The summed E-state index contributed by atoms with van der Waals surface area (Å²) in [6.07, 6.45) is 5.37. The summed E-state index contributed by atoms with van der Waals surface area (Å²) in [4.78, 5) is 24.9. The van der Waals surface area contributed by atoms with Crippen LogP contribution >= 0.6 is 0 Å². The molecule has 1 fully saturated rings. The fourth-order valence-corrected chi connectivity index (χ4v) is 2.64. The Bertz CT molecular complexity index is 357. The largest absolute Gasteiger partial charge is 0.481 e. The summed E-state index contributed by atoms with van der Waals surface area (Å²) in [5, 5.41) is 12.1. The average molecular weight is 282 g/mol. The lowest BCUT2D eigenvalue weighted by Crippen LogP contribution is -2.51. The van der Waals surface area contributed by atoms with Gasteiger partial charge in [-0.05, 0) is 38.5 Å². The fourth-order valence-electron chi connectivity index (χ4n) is 2.64. The second kappa shape index (κ2) is 7.92. The monoisotopic (exact) mass is 282 g/mol. The lowest BCUT2D eigenvalue weighted by Gasteiger charge is -2.35. The van der Waals surface area contributed by atoms with Gasteiger partial charge in [0.2, 0.25) is 0 Å². The van der Waals surface area contributed by atoms with Gasteiger partial charge in [-0.15, -0.1) is 6.58 Å². The standard InChI is InChI=1S/C15H26N2O3/c1-4-5-6-7-12(3)16-15(20)17-9-11(2)8-13(10-17)14(18)19/h4,11-13H,1,5-10H2,2-3H3,(H,16,20)(H,18,19). The van der Waals surface area contributed by atoms with Gasteiger partial charge in [0, 0.05) is 19.1 Å². The number of carbonyl (C=O) groups excluding carboxylic acids is 1. The van der Waals surface area contributed by atoms with E-state index in [1.54, 1.807) is 4.90 Å². The van der Waals surface area contributed by atoms with E-state index in [0.717, 1.165) is 19.3 Å². The summed E-state index contributed by atoms with van der Waals surface area (Å²) in [6.45, 7) is 8.58. The number of nitrogens with zero attached hydrogens (tertiary/aromatic N) is 1. The second-order valence-electron chi connectivity index (χ2n) is 5.85. The third-order valence-corrected chi connectivity index (χ3v) is 3.71. The molecule has 0 saturated carbocycles. The SMILES string of the molecule is C=CCCCC(C)NC(=O)N1CC(C)CC(C(=O)O)C1. The van der Waals surface area contributed by atoms with Gasteiger partial charge in [0.05, 0.1) is 5.92 Å². The van der Waals surface area contributed by atoms with Crippen LogP contribution in [-0.4, -0.2) is 41.1 Å². The molecule has 5 nitrogen and oxygen atoms in total. The Kier molecular flexibility index (Phi) is 6.55. The molecule has 1 aliphatic rings. The number of carboxylic acid groups (broad SMARTS) is 1. The number of piperidine rings is 1. The summed E-state index contributed by atoms with van der Waals surface area (Å²) in [7, 11) is 0. The molecule has 3 atom stereocenters. The zero-order valence-electron chi connectivity index (χ0n) is 12.5. The highest BCUT2D eigenvalue weighted by molar-refractivity contribution is 5.76. The van der Waals surface area contributed by atoms with E-state index in [0.29, 0.717) is 19.5 Å². The van der Waals surface area contributed by atoms with E-state index in [4.69, 9.17) is 5.11 Å². The van der Waals surface area contributed by atoms with Gasteiger partial charge in [-0.3, -0.25) is 4.79 Å². The number of amides is 2. The molecule has 2 amide bonds. The number of allylic oxidation sites excluding steroid dienone is 1. The molecule has 0 aromatic heterocycles. The second-order valence-corrected chi connectivity index (χ2v) is 5.85. The van der Waals surface area contributed by atoms with Crippen LogP contribution in [0.15, 0.2) is 12.7 Å². The zero-order chi connectivity index (χ0) is 15.1. The van der Waals surface area contributed by atoms with Crippen LogP contribution in [0, 0.1) is 11.8 Å². The van der Waals surface area contributed by atoms with Crippen molar-refractivity contribution in [2.24, 2.45) is 11.8 Å². The van der Waals surface area contributed by atoms with Crippen LogP contribution in [0.2, 0.25) is 0 Å². The van der Waals surface area contributed by atoms with Crippen molar-refractivity contribution in [3.05, 3.63) is 12.7 Å². The van der Waals surface area contributed by atoms with Crippen LogP contribution in [0.4, 0.5) is 4.79 Å². The molecule has 2 N–H and O–H groups in total. The molecule has 1 heterocycles. The van der Waals surface area contributed by atoms with Crippen LogP contribution in [0.1, 0.15) is 39.5 Å². The van der Waals surface area contributed by atoms with Crippen molar-refractivity contribution in [3.63, 3.8) is 0 Å². The van der Waals surface area contributed by atoms with Gasteiger partial charge in [0.25, 0.3) is 0 Å². The lowest BCUT2D eigenvalue weighted by atomic mass is 9.91. The maximum Gasteiger partial charge on any atom is 0.317 e. The van der Waals surface area contributed by atoms with Crippen LogP contribution in [0.25, 0.3) is 0 Å². The zero-order valence-corrected chi connectivity index (χ0v) is 12.5. The summed E-state index contributed by atoms with van der Waals surface area (Å²) >= 11 is 0. The first-order valence-corrected chi connectivity index (χ1v) is 7.33. The number of nitrogens with one attached hydrogen (secondary N) is 1. The van der Waals surface area contributed by atoms with E-state index in [1.165, 1.54) is 0 Å². The number of unbranched alkanes of at least 4 members (excludes halogenated alkanes) is 1. The molecule has 0 aromatic carbocycles.